The van der Waals surface area contributed by atoms with Gasteiger partial charge < -0.3 is 60.9 Å². The average molecular weight is 1150 g/mol. The molecular formula is C58H102N10O13. The van der Waals surface area contributed by atoms with Crippen molar-refractivity contribution in [3.63, 3.8) is 0 Å². The minimum absolute atomic E-state index is 0.104. The summed E-state index contributed by atoms with van der Waals surface area (Å²) in [7, 11) is 6.88. The summed E-state index contributed by atoms with van der Waals surface area (Å²) >= 11 is 0. The molecule has 462 valence electrons. The lowest BCUT2D eigenvalue weighted by atomic mass is 9.92. The minimum Gasteiger partial charge on any atom is -0.451 e. The molecule has 0 unspecified atom stereocenters. The van der Waals surface area contributed by atoms with Crippen LogP contribution in [0.4, 0.5) is 0 Å². The van der Waals surface area contributed by atoms with Gasteiger partial charge in [-0.05, 0) is 80.5 Å². The number of hydrogen-bond donors (Lipinski definition) is 6. The summed E-state index contributed by atoms with van der Waals surface area (Å²) < 4.78 is 5.65. The van der Waals surface area contributed by atoms with Crippen molar-refractivity contribution >= 4 is 65.0 Å². The molecule has 0 aromatic carbocycles. The fourth-order valence-electron chi connectivity index (χ4n) is 9.73. The predicted molar refractivity (Wildman–Crippen MR) is 308 cm³/mol. The van der Waals surface area contributed by atoms with Crippen LogP contribution < -0.4 is 26.6 Å². The van der Waals surface area contributed by atoms with Crippen LogP contribution in [-0.4, -0.2) is 204 Å². The summed E-state index contributed by atoms with van der Waals surface area (Å²) in [5.74, 6) is -12.2. The molecule has 0 aliphatic carbocycles. The van der Waals surface area contributed by atoms with E-state index in [1.165, 1.54) is 52.0 Å². The van der Waals surface area contributed by atoms with E-state index in [1.807, 2.05) is 27.7 Å². The Morgan fingerprint density at radius 2 is 1.00 bits per heavy atom. The number of likely N-dealkylation sites (N-methyl/N-ethyl adjacent to an activating group) is 5. The third kappa shape index (κ3) is 21.0. The second-order valence-electron chi connectivity index (χ2n) is 24.5. The normalized spacial score (nSPS) is 26.5. The largest absolute Gasteiger partial charge is 0.451 e. The Morgan fingerprint density at radius 3 is 1.46 bits per heavy atom. The quantitative estimate of drug-likeness (QED) is 0.114. The molecule has 23 nitrogen and oxygen atoms in total. The van der Waals surface area contributed by atoms with Crippen molar-refractivity contribution in [3.05, 3.63) is 12.2 Å². The van der Waals surface area contributed by atoms with Crippen LogP contribution in [0.1, 0.15) is 137 Å². The van der Waals surface area contributed by atoms with Crippen LogP contribution in [0.3, 0.4) is 0 Å². The van der Waals surface area contributed by atoms with Crippen LogP contribution in [0, 0.1) is 47.3 Å². The molecule has 1 heterocycles. The monoisotopic (exact) mass is 1150 g/mol. The van der Waals surface area contributed by atoms with Crippen LogP contribution in [0.5, 0.6) is 0 Å². The van der Waals surface area contributed by atoms with Crippen molar-refractivity contribution in [2.24, 2.45) is 47.3 Å². The van der Waals surface area contributed by atoms with Crippen LogP contribution in [0.15, 0.2) is 12.2 Å². The first-order valence-corrected chi connectivity index (χ1v) is 28.6. The predicted octanol–water partition coefficient (Wildman–Crippen LogP) is 2.09. The van der Waals surface area contributed by atoms with E-state index < -0.39 is 174 Å². The Hall–Kier alpha value is -6.13. The van der Waals surface area contributed by atoms with Gasteiger partial charge in [0.15, 0.2) is 6.10 Å². The molecule has 1 saturated heterocycles. The summed E-state index contributed by atoms with van der Waals surface area (Å²) in [4.78, 5) is 162. The third-order valence-corrected chi connectivity index (χ3v) is 14.8. The van der Waals surface area contributed by atoms with Gasteiger partial charge in [-0.2, -0.15) is 0 Å². The lowest BCUT2D eigenvalue weighted by molar-refractivity contribution is -0.164. The van der Waals surface area contributed by atoms with Gasteiger partial charge in [0.05, 0.1) is 12.6 Å². The number of ether oxygens (including phenoxy) is 1. The smallest absolute Gasteiger partial charge is 0.326 e. The Kier molecular flexibility index (Phi) is 29.8. The van der Waals surface area contributed by atoms with Crippen molar-refractivity contribution in [1.82, 2.24) is 51.1 Å². The number of esters is 1. The van der Waals surface area contributed by atoms with E-state index >= 15 is 0 Å². The number of carbonyl (C=O) groups excluding carboxylic acids is 11. The number of allylic oxidation sites excluding steroid dienone is 2. The lowest BCUT2D eigenvalue weighted by Crippen LogP contribution is -2.64. The molecule has 23 heteroatoms. The zero-order valence-electron chi connectivity index (χ0n) is 52.7. The van der Waals surface area contributed by atoms with E-state index in [0.29, 0.717) is 6.42 Å². The number of hydrogen-bond acceptors (Lipinski definition) is 13. The van der Waals surface area contributed by atoms with Crippen molar-refractivity contribution < 1.29 is 62.6 Å². The maximum Gasteiger partial charge on any atom is 0.326 e. The van der Waals surface area contributed by atoms with E-state index in [4.69, 9.17) is 4.74 Å². The number of nitrogens with one attached hydrogen (secondary N) is 5. The summed E-state index contributed by atoms with van der Waals surface area (Å²) in [5, 5.41) is 25.4. The maximum absolute atomic E-state index is 14.8. The van der Waals surface area contributed by atoms with E-state index in [-0.39, 0.29) is 24.7 Å². The van der Waals surface area contributed by atoms with Crippen molar-refractivity contribution in [2.75, 3.05) is 48.3 Å². The summed E-state index contributed by atoms with van der Waals surface area (Å²) in [6.45, 7) is 27.8. The molecule has 0 spiro atoms. The standard InChI is InChI=1S/C58H102N10O13/c1-23-24-25-37(16)48(71)45-51(73)61-44(33(8)9)57(79)65(19)38(17)54(76)67(21)46(34(10)11)52(74)62-43(32(6)7)56(78)64(18)29-41(69)59-28-42(70)81-49(36(14)15)58(80)66(20)40(27-31(4)5)50(72)60-39(26-30(2)3)55(77)68(22)47(35(12)13)53(75)63-45/h23-24,30-40,43-49,71H,25-29H2,1-22H3,(H,59,69)(H,60,72)(H,61,73)(H,62,74)(H,63,75)/b24-23+/t37-,38+,39-,40-,43-,44-,45-,46-,47-,48-,49-/m0/s1. The Morgan fingerprint density at radius 1 is 0.531 bits per heavy atom. The molecule has 1 aliphatic rings. The van der Waals surface area contributed by atoms with Gasteiger partial charge >= 0.3 is 5.97 Å². The van der Waals surface area contributed by atoms with Gasteiger partial charge in [0.1, 0.15) is 54.9 Å². The molecule has 1 aliphatic heterocycles. The first-order valence-electron chi connectivity index (χ1n) is 28.6. The van der Waals surface area contributed by atoms with E-state index in [1.54, 1.807) is 95.2 Å². The molecule has 1 rings (SSSR count). The van der Waals surface area contributed by atoms with Crippen LogP contribution in [-0.2, 0) is 57.5 Å². The van der Waals surface area contributed by atoms with E-state index in [2.05, 4.69) is 26.6 Å². The number of carbonyl (C=O) groups is 11. The van der Waals surface area contributed by atoms with Gasteiger partial charge in [-0.3, -0.25) is 52.7 Å². The molecular weight excluding hydrogens is 1040 g/mol. The molecule has 81 heavy (non-hydrogen) atoms. The molecule has 11 atom stereocenters. The fraction of sp³-hybridized carbons (Fsp3) is 0.776. The highest BCUT2D eigenvalue weighted by atomic mass is 16.5. The van der Waals surface area contributed by atoms with Crippen molar-refractivity contribution in [3.8, 4) is 0 Å². The number of nitrogens with zero attached hydrogens (tertiary/aromatic N) is 5. The highest BCUT2D eigenvalue weighted by molar-refractivity contribution is 5.99. The zero-order chi connectivity index (χ0) is 62.8. The Bertz CT molecular complexity index is 2220. The molecule has 6 N–H and O–H groups in total. The summed E-state index contributed by atoms with van der Waals surface area (Å²) in [6.07, 6.45) is 1.12. The first kappa shape index (κ1) is 72.9. The van der Waals surface area contributed by atoms with Crippen molar-refractivity contribution in [1.29, 1.82) is 0 Å². The van der Waals surface area contributed by atoms with Gasteiger partial charge in [0.2, 0.25) is 53.2 Å². The molecule has 0 saturated carbocycles. The number of rotatable bonds is 13. The van der Waals surface area contributed by atoms with E-state index in [9.17, 15) is 57.8 Å². The van der Waals surface area contributed by atoms with E-state index in [0.717, 1.165) is 14.7 Å². The SMILES string of the molecule is C/C=C/C[C@H](C)[C@H](O)[C@@H]1NC(=O)[C@H](C(C)C)N(C)C(=O)[C@H](CC(C)C)NC(=O)[C@H](CC(C)C)N(C)C(=O)[C@H](C(C)C)OC(=O)CNC(=O)CN(C)C(=O)[C@H](C(C)C)NC(=O)[C@H](C(C)C)N(C)C(=O)[C@@H](C)N(C)C(=O)[C@H](C(C)C)NC1=O. The average Bonchev–Trinajstić information content (AvgIpc) is 3.37. The lowest BCUT2D eigenvalue weighted by Gasteiger charge is -2.38. The number of amides is 10. The Balaban J connectivity index is 4.19. The van der Waals surface area contributed by atoms with Crippen LogP contribution >= 0.6 is 0 Å². The van der Waals surface area contributed by atoms with Gasteiger partial charge in [-0.15, -0.1) is 0 Å². The molecule has 0 aromatic rings. The van der Waals surface area contributed by atoms with Gasteiger partial charge in [-0.25, -0.2) is 0 Å². The number of aliphatic hydroxyl groups is 1. The summed E-state index contributed by atoms with van der Waals surface area (Å²) in [6, 6.07) is -10.3. The molecule has 0 radical (unpaired) electrons. The number of cyclic esters (lactones) is 1. The first-order chi connectivity index (χ1) is 37.3. The highest BCUT2D eigenvalue weighted by Crippen LogP contribution is 2.22. The van der Waals surface area contributed by atoms with Crippen molar-refractivity contribution in [2.45, 2.75) is 198 Å². The van der Waals surface area contributed by atoms with Gasteiger partial charge in [-0.1, -0.05) is 116 Å². The zero-order valence-corrected chi connectivity index (χ0v) is 52.7. The molecule has 10 amide bonds. The minimum atomic E-state index is -1.68. The van der Waals surface area contributed by atoms with Gasteiger partial charge in [0.25, 0.3) is 5.91 Å². The summed E-state index contributed by atoms with van der Waals surface area (Å²) in [5.41, 5.74) is 0. The van der Waals surface area contributed by atoms with Gasteiger partial charge in [0, 0.05) is 35.2 Å². The molecule has 1 fully saturated rings. The van der Waals surface area contributed by atoms with Crippen LogP contribution in [0.2, 0.25) is 0 Å². The number of aliphatic hydroxyl groups excluding tert-OH is 1. The third-order valence-electron chi connectivity index (χ3n) is 14.8. The fourth-order valence-corrected chi connectivity index (χ4v) is 9.73. The highest BCUT2D eigenvalue weighted by Gasteiger charge is 2.44. The molecule has 0 aromatic heterocycles. The second-order valence-corrected chi connectivity index (χ2v) is 24.5. The molecule has 0 bridgehead atoms. The maximum atomic E-state index is 14.8. The van der Waals surface area contributed by atoms with Crippen LogP contribution in [0.25, 0.3) is 0 Å². The topological polar surface area (TPSA) is 294 Å². The Labute approximate surface area is 482 Å². The second kappa shape index (κ2) is 33.1.